The minimum atomic E-state index is -3.80. The van der Waals surface area contributed by atoms with Crippen LogP contribution in [0.1, 0.15) is 19.6 Å². The van der Waals surface area contributed by atoms with Crippen molar-refractivity contribution in [1.29, 1.82) is 0 Å². The smallest absolute Gasteiger partial charge is 0.243 e. The van der Waals surface area contributed by atoms with Crippen molar-refractivity contribution >= 4 is 15.9 Å². The van der Waals surface area contributed by atoms with Crippen LogP contribution in [0.5, 0.6) is 0 Å². The molecule has 0 aliphatic carbocycles. The van der Waals surface area contributed by atoms with E-state index >= 15 is 0 Å². The Kier molecular flexibility index (Phi) is 6.16. The van der Waals surface area contributed by atoms with Crippen molar-refractivity contribution < 1.29 is 17.6 Å². The molecule has 0 bridgehead atoms. The number of hydrogen-bond donors (Lipinski definition) is 1. The molecule has 0 fully saturated rings. The first-order valence-corrected chi connectivity index (χ1v) is 9.18. The minimum Gasteiger partial charge on any atom is -0.468 e. The van der Waals surface area contributed by atoms with Crippen LogP contribution >= 0.6 is 0 Å². The molecule has 0 aliphatic rings. The molecule has 7 heteroatoms. The lowest BCUT2D eigenvalue weighted by molar-refractivity contribution is -0.121. The molecule has 2 rings (SSSR count). The number of carbonyl (C=O) groups excluding carboxylic acids is 1. The van der Waals surface area contributed by atoms with Crippen LogP contribution in [0.3, 0.4) is 0 Å². The van der Waals surface area contributed by atoms with E-state index in [2.05, 4.69) is 5.32 Å². The molecule has 0 atom stereocenters. The fourth-order valence-corrected chi connectivity index (χ4v) is 3.46. The summed E-state index contributed by atoms with van der Waals surface area (Å²) in [5.41, 5.74) is 0. The summed E-state index contributed by atoms with van der Waals surface area (Å²) in [5.74, 6) is 0.430. The standard InChI is InChI=1S/C17H22N2O4S/c1-14(2)11-18-17(20)13-19(12-15-7-6-10-23-15)24(21,22)16-8-4-3-5-9-16/h3-10,14H,11-13H2,1-2H3,(H,18,20). The van der Waals surface area contributed by atoms with Gasteiger partial charge in [0.25, 0.3) is 0 Å². The monoisotopic (exact) mass is 350 g/mol. The molecule has 0 aliphatic heterocycles. The Hall–Kier alpha value is -2.12. The van der Waals surface area contributed by atoms with Crippen molar-refractivity contribution in [2.24, 2.45) is 5.92 Å². The van der Waals surface area contributed by atoms with E-state index in [-0.39, 0.29) is 23.9 Å². The highest BCUT2D eigenvalue weighted by molar-refractivity contribution is 7.89. The lowest BCUT2D eigenvalue weighted by Gasteiger charge is -2.21. The van der Waals surface area contributed by atoms with Gasteiger partial charge in [-0.2, -0.15) is 4.31 Å². The largest absolute Gasteiger partial charge is 0.468 e. The topological polar surface area (TPSA) is 79.6 Å². The molecule has 0 saturated heterocycles. The second-order valence-corrected chi connectivity index (χ2v) is 7.80. The third kappa shape index (κ3) is 4.94. The molecule has 1 aromatic carbocycles. The maximum absolute atomic E-state index is 12.8. The quantitative estimate of drug-likeness (QED) is 0.792. The SMILES string of the molecule is CC(C)CNC(=O)CN(Cc1ccco1)S(=O)(=O)c1ccccc1. The predicted molar refractivity (Wildman–Crippen MR) is 90.6 cm³/mol. The zero-order valence-corrected chi connectivity index (χ0v) is 14.6. The van der Waals surface area contributed by atoms with Crippen molar-refractivity contribution in [2.45, 2.75) is 25.3 Å². The van der Waals surface area contributed by atoms with E-state index in [4.69, 9.17) is 4.42 Å². The summed E-state index contributed by atoms with van der Waals surface area (Å²) in [4.78, 5) is 12.3. The molecular formula is C17H22N2O4S. The molecular weight excluding hydrogens is 328 g/mol. The summed E-state index contributed by atoms with van der Waals surface area (Å²) in [5, 5.41) is 2.74. The number of carbonyl (C=O) groups is 1. The number of nitrogens with zero attached hydrogens (tertiary/aromatic N) is 1. The highest BCUT2D eigenvalue weighted by atomic mass is 32.2. The average Bonchev–Trinajstić information content (AvgIpc) is 3.06. The van der Waals surface area contributed by atoms with Gasteiger partial charge in [-0.3, -0.25) is 4.79 Å². The van der Waals surface area contributed by atoms with Crippen LogP contribution in [0.4, 0.5) is 0 Å². The van der Waals surface area contributed by atoms with E-state index < -0.39 is 10.0 Å². The van der Waals surface area contributed by atoms with Gasteiger partial charge in [0.2, 0.25) is 15.9 Å². The molecule has 2 aromatic rings. The third-order valence-electron chi connectivity index (χ3n) is 3.32. The Labute approximate surface area is 142 Å². The fraction of sp³-hybridized carbons (Fsp3) is 0.353. The van der Waals surface area contributed by atoms with Gasteiger partial charge in [0.05, 0.1) is 24.2 Å². The predicted octanol–water partition coefficient (Wildman–Crippen LogP) is 2.24. The molecule has 0 spiro atoms. The van der Waals surface area contributed by atoms with Gasteiger partial charge in [0.1, 0.15) is 5.76 Å². The second-order valence-electron chi connectivity index (χ2n) is 5.86. The van der Waals surface area contributed by atoms with E-state index in [0.29, 0.717) is 18.2 Å². The summed E-state index contributed by atoms with van der Waals surface area (Å²) in [7, 11) is -3.80. The van der Waals surface area contributed by atoms with Gasteiger partial charge < -0.3 is 9.73 Å². The van der Waals surface area contributed by atoms with E-state index in [1.54, 1.807) is 30.3 Å². The first-order chi connectivity index (χ1) is 11.4. The lowest BCUT2D eigenvalue weighted by Crippen LogP contribution is -2.41. The Bertz CT molecular complexity index is 740. The molecule has 24 heavy (non-hydrogen) atoms. The summed E-state index contributed by atoms with van der Waals surface area (Å²) < 4.78 is 32.0. The Morgan fingerprint density at radius 3 is 2.46 bits per heavy atom. The summed E-state index contributed by atoms with van der Waals surface area (Å²) in [6.45, 7) is 4.19. The van der Waals surface area contributed by atoms with Crippen LogP contribution in [0, 0.1) is 5.92 Å². The molecule has 0 radical (unpaired) electrons. The lowest BCUT2D eigenvalue weighted by atomic mass is 10.2. The van der Waals surface area contributed by atoms with E-state index in [9.17, 15) is 13.2 Å². The van der Waals surface area contributed by atoms with Gasteiger partial charge in [0, 0.05) is 6.54 Å². The second kappa shape index (κ2) is 8.12. The number of rotatable bonds is 8. The van der Waals surface area contributed by atoms with Crippen molar-refractivity contribution in [1.82, 2.24) is 9.62 Å². The number of amides is 1. The zero-order valence-electron chi connectivity index (χ0n) is 13.8. The van der Waals surface area contributed by atoms with Gasteiger partial charge in [-0.15, -0.1) is 0 Å². The normalized spacial score (nSPS) is 11.8. The van der Waals surface area contributed by atoms with Crippen LogP contribution in [-0.2, 0) is 21.4 Å². The maximum atomic E-state index is 12.8. The highest BCUT2D eigenvalue weighted by Gasteiger charge is 2.27. The van der Waals surface area contributed by atoms with Crippen molar-refractivity contribution in [2.75, 3.05) is 13.1 Å². The van der Waals surface area contributed by atoms with Gasteiger partial charge in [-0.25, -0.2) is 8.42 Å². The molecule has 6 nitrogen and oxygen atoms in total. The fourth-order valence-electron chi connectivity index (χ4n) is 2.08. The first-order valence-electron chi connectivity index (χ1n) is 7.74. The van der Waals surface area contributed by atoms with E-state index in [0.717, 1.165) is 4.31 Å². The molecule has 0 unspecified atom stereocenters. The molecule has 1 aromatic heterocycles. The average molecular weight is 350 g/mol. The number of sulfonamides is 1. The van der Waals surface area contributed by atoms with Gasteiger partial charge in [-0.1, -0.05) is 32.0 Å². The minimum absolute atomic E-state index is 0.000668. The summed E-state index contributed by atoms with van der Waals surface area (Å²) in [6, 6.07) is 11.4. The highest BCUT2D eigenvalue weighted by Crippen LogP contribution is 2.18. The Balaban J connectivity index is 2.21. The van der Waals surface area contributed by atoms with Crippen molar-refractivity contribution in [3.8, 4) is 0 Å². The summed E-state index contributed by atoms with van der Waals surface area (Å²) in [6.07, 6.45) is 1.47. The molecule has 1 N–H and O–H groups in total. The molecule has 1 amide bonds. The van der Waals surface area contributed by atoms with Crippen molar-refractivity contribution in [3.05, 3.63) is 54.5 Å². The van der Waals surface area contributed by atoms with Crippen LogP contribution in [0.25, 0.3) is 0 Å². The number of hydrogen-bond acceptors (Lipinski definition) is 4. The Morgan fingerprint density at radius 2 is 1.88 bits per heavy atom. The molecule has 0 saturated carbocycles. The Morgan fingerprint density at radius 1 is 1.17 bits per heavy atom. The number of benzene rings is 1. The molecule has 1 heterocycles. The maximum Gasteiger partial charge on any atom is 0.243 e. The number of furan rings is 1. The summed E-state index contributed by atoms with van der Waals surface area (Å²) >= 11 is 0. The zero-order chi connectivity index (χ0) is 17.6. The van der Waals surface area contributed by atoms with Gasteiger partial charge >= 0.3 is 0 Å². The van der Waals surface area contributed by atoms with Crippen LogP contribution in [-0.4, -0.2) is 31.7 Å². The van der Waals surface area contributed by atoms with Gasteiger partial charge in [-0.05, 0) is 30.2 Å². The van der Waals surface area contributed by atoms with Crippen LogP contribution in [0.15, 0.2) is 58.0 Å². The third-order valence-corrected chi connectivity index (χ3v) is 5.13. The van der Waals surface area contributed by atoms with Crippen LogP contribution < -0.4 is 5.32 Å². The van der Waals surface area contributed by atoms with Crippen molar-refractivity contribution in [3.63, 3.8) is 0 Å². The van der Waals surface area contributed by atoms with Crippen LogP contribution in [0.2, 0.25) is 0 Å². The first kappa shape index (κ1) is 18.2. The number of nitrogens with one attached hydrogen (secondary N) is 1. The van der Waals surface area contributed by atoms with E-state index in [1.807, 2.05) is 13.8 Å². The molecule has 130 valence electrons. The van der Waals surface area contributed by atoms with E-state index in [1.165, 1.54) is 18.4 Å². The van der Waals surface area contributed by atoms with Gasteiger partial charge in [0.15, 0.2) is 0 Å².